The summed E-state index contributed by atoms with van der Waals surface area (Å²) in [6.45, 7) is 0. The van der Waals surface area contributed by atoms with Crippen molar-refractivity contribution < 1.29 is 0 Å². The van der Waals surface area contributed by atoms with E-state index in [2.05, 4.69) is 50.1 Å². The Kier molecular flexibility index (Phi) is 3.88. The number of alkyl halides is 1. The molecule has 0 nitrogen and oxygen atoms in total. The van der Waals surface area contributed by atoms with Crippen LogP contribution in [0.4, 0.5) is 0 Å². The predicted molar refractivity (Wildman–Crippen MR) is 74.2 cm³/mol. The number of hydrogen-bond donors (Lipinski definition) is 0. The Hall–Kier alpha value is 0.170. The van der Waals surface area contributed by atoms with Gasteiger partial charge in [0.15, 0.2) is 0 Å². The average molecular weight is 367 g/mol. The molecule has 0 aliphatic rings. The lowest BCUT2D eigenvalue weighted by atomic mass is 10.1. The largest absolute Gasteiger partial charge is 0.127 e. The molecular formula is C11H7Br2ClS. The molecule has 0 saturated carbocycles. The molecule has 0 aliphatic carbocycles. The van der Waals surface area contributed by atoms with Crippen LogP contribution in [0.2, 0.25) is 4.34 Å². The van der Waals surface area contributed by atoms with Gasteiger partial charge in [0, 0.05) is 9.35 Å². The molecule has 1 heterocycles. The van der Waals surface area contributed by atoms with Crippen LogP contribution in [0.1, 0.15) is 15.3 Å². The second-order valence-electron chi connectivity index (χ2n) is 3.06. The van der Waals surface area contributed by atoms with Crippen LogP contribution in [-0.4, -0.2) is 0 Å². The summed E-state index contributed by atoms with van der Waals surface area (Å²) in [5.74, 6) is 0. The van der Waals surface area contributed by atoms with Gasteiger partial charge in [0.1, 0.15) is 0 Å². The highest BCUT2D eigenvalue weighted by atomic mass is 79.9. The third-order valence-corrected chi connectivity index (χ3v) is 5.16. The van der Waals surface area contributed by atoms with Crippen LogP contribution in [0.15, 0.2) is 40.9 Å². The zero-order chi connectivity index (χ0) is 10.8. The first-order chi connectivity index (χ1) is 7.16. The smallest absolute Gasteiger partial charge is 0.0931 e. The maximum Gasteiger partial charge on any atom is 0.0931 e. The van der Waals surface area contributed by atoms with Gasteiger partial charge in [-0.1, -0.05) is 55.6 Å². The van der Waals surface area contributed by atoms with Crippen molar-refractivity contribution in [2.75, 3.05) is 0 Å². The monoisotopic (exact) mass is 364 g/mol. The van der Waals surface area contributed by atoms with Gasteiger partial charge < -0.3 is 0 Å². The number of hydrogen-bond acceptors (Lipinski definition) is 1. The first-order valence-electron chi connectivity index (χ1n) is 4.31. The van der Waals surface area contributed by atoms with Gasteiger partial charge in [-0.25, -0.2) is 0 Å². The van der Waals surface area contributed by atoms with E-state index in [-0.39, 0.29) is 4.83 Å². The second-order valence-corrected chi connectivity index (χ2v) is 6.63. The summed E-state index contributed by atoms with van der Waals surface area (Å²) < 4.78 is 1.92. The van der Waals surface area contributed by atoms with Gasteiger partial charge in [0.25, 0.3) is 0 Å². The number of rotatable bonds is 2. The van der Waals surface area contributed by atoms with E-state index in [1.54, 1.807) is 11.3 Å². The van der Waals surface area contributed by atoms with Crippen molar-refractivity contribution in [1.82, 2.24) is 0 Å². The molecule has 1 aromatic carbocycles. The standard InChI is InChI=1S/C11H7Br2ClS/c12-8-3-1-7(2-4-8)11(13)9-5-6-10(14)15-9/h1-6,11H. The van der Waals surface area contributed by atoms with Gasteiger partial charge in [-0.3, -0.25) is 0 Å². The maximum absolute atomic E-state index is 5.91. The third kappa shape index (κ3) is 2.84. The quantitative estimate of drug-likeness (QED) is 0.603. The summed E-state index contributed by atoms with van der Waals surface area (Å²) in [6.07, 6.45) is 0. The molecule has 0 saturated heterocycles. The minimum Gasteiger partial charge on any atom is -0.127 e. The summed E-state index contributed by atoms with van der Waals surface area (Å²) in [6, 6.07) is 12.2. The molecule has 0 N–H and O–H groups in total. The highest BCUT2D eigenvalue weighted by Crippen LogP contribution is 2.37. The minimum atomic E-state index is 0.225. The molecule has 0 aliphatic heterocycles. The maximum atomic E-state index is 5.91. The SMILES string of the molecule is Clc1ccc(C(Br)c2ccc(Br)cc2)s1. The number of benzene rings is 1. The summed E-state index contributed by atoms with van der Waals surface area (Å²) in [7, 11) is 0. The van der Waals surface area contributed by atoms with Crippen LogP contribution in [0.25, 0.3) is 0 Å². The highest BCUT2D eigenvalue weighted by Gasteiger charge is 2.12. The molecule has 1 aromatic heterocycles. The summed E-state index contributed by atoms with van der Waals surface area (Å²) in [5, 5.41) is 0. The van der Waals surface area contributed by atoms with Crippen molar-refractivity contribution >= 4 is 54.8 Å². The van der Waals surface area contributed by atoms with Gasteiger partial charge >= 0.3 is 0 Å². The molecule has 2 rings (SSSR count). The first kappa shape index (κ1) is 11.6. The highest BCUT2D eigenvalue weighted by molar-refractivity contribution is 9.10. The van der Waals surface area contributed by atoms with Gasteiger partial charge in [-0.15, -0.1) is 11.3 Å². The van der Waals surface area contributed by atoms with Crippen molar-refractivity contribution in [2.45, 2.75) is 4.83 Å². The molecule has 0 amide bonds. The molecule has 2 aromatic rings. The molecule has 1 unspecified atom stereocenters. The van der Waals surface area contributed by atoms with Crippen LogP contribution in [0.3, 0.4) is 0 Å². The molecule has 78 valence electrons. The summed E-state index contributed by atoms with van der Waals surface area (Å²) in [5.41, 5.74) is 1.23. The van der Waals surface area contributed by atoms with Gasteiger partial charge in [-0.2, -0.15) is 0 Å². The van der Waals surface area contributed by atoms with E-state index in [1.165, 1.54) is 10.4 Å². The van der Waals surface area contributed by atoms with Crippen molar-refractivity contribution in [3.8, 4) is 0 Å². The topological polar surface area (TPSA) is 0 Å². The van der Waals surface area contributed by atoms with Crippen LogP contribution >= 0.6 is 54.8 Å². The van der Waals surface area contributed by atoms with Crippen molar-refractivity contribution in [2.24, 2.45) is 0 Å². The lowest BCUT2D eigenvalue weighted by molar-refractivity contribution is 1.22. The predicted octanol–water partition coefficient (Wildman–Crippen LogP) is 5.65. The molecule has 0 spiro atoms. The minimum absolute atomic E-state index is 0.225. The first-order valence-corrected chi connectivity index (χ1v) is 7.22. The van der Waals surface area contributed by atoms with Gasteiger partial charge in [-0.05, 0) is 29.8 Å². The number of thiophene rings is 1. The van der Waals surface area contributed by atoms with Crippen molar-refractivity contribution in [1.29, 1.82) is 0 Å². The molecule has 0 radical (unpaired) electrons. The Morgan fingerprint density at radius 1 is 1.07 bits per heavy atom. The molecule has 0 bridgehead atoms. The Bertz CT molecular complexity index is 450. The van der Waals surface area contributed by atoms with Crippen molar-refractivity contribution in [3.05, 3.63) is 55.6 Å². The molecular weight excluding hydrogens is 359 g/mol. The Labute approximate surface area is 115 Å². The van der Waals surface area contributed by atoms with E-state index in [0.717, 1.165) is 8.81 Å². The molecule has 15 heavy (non-hydrogen) atoms. The van der Waals surface area contributed by atoms with E-state index < -0.39 is 0 Å². The van der Waals surface area contributed by atoms with E-state index in [4.69, 9.17) is 11.6 Å². The summed E-state index contributed by atoms with van der Waals surface area (Å²) in [4.78, 5) is 1.45. The van der Waals surface area contributed by atoms with Crippen LogP contribution in [0, 0.1) is 0 Å². The Morgan fingerprint density at radius 2 is 1.73 bits per heavy atom. The van der Waals surface area contributed by atoms with E-state index in [1.807, 2.05) is 18.2 Å². The summed E-state index contributed by atoms with van der Waals surface area (Å²) >= 11 is 14.6. The molecule has 4 heteroatoms. The van der Waals surface area contributed by atoms with Crippen molar-refractivity contribution in [3.63, 3.8) is 0 Å². The zero-order valence-corrected chi connectivity index (χ0v) is 12.3. The van der Waals surface area contributed by atoms with E-state index >= 15 is 0 Å². The molecule has 1 atom stereocenters. The van der Waals surface area contributed by atoms with E-state index in [9.17, 15) is 0 Å². The molecule has 0 fully saturated rings. The third-order valence-electron chi connectivity index (χ3n) is 2.01. The second kappa shape index (κ2) is 5.00. The lowest BCUT2D eigenvalue weighted by Crippen LogP contribution is -1.88. The fourth-order valence-electron chi connectivity index (χ4n) is 1.26. The Balaban J connectivity index is 2.28. The fraction of sp³-hybridized carbons (Fsp3) is 0.0909. The zero-order valence-electron chi connectivity index (χ0n) is 7.58. The van der Waals surface area contributed by atoms with Gasteiger partial charge in [0.2, 0.25) is 0 Å². The normalized spacial score (nSPS) is 12.7. The Morgan fingerprint density at radius 3 is 2.27 bits per heavy atom. The van der Waals surface area contributed by atoms with Crippen LogP contribution in [-0.2, 0) is 0 Å². The average Bonchev–Trinajstić information content (AvgIpc) is 2.65. The fourth-order valence-corrected chi connectivity index (χ4v) is 3.33. The van der Waals surface area contributed by atoms with E-state index in [0.29, 0.717) is 0 Å². The van der Waals surface area contributed by atoms with Gasteiger partial charge in [0.05, 0.1) is 9.16 Å². The lowest BCUT2D eigenvalue weighted by Gasteiger charge is -2.07. The van der Waals surface area contributed by atoms with Crippen LogP contribution < -0.4 is 0 Å². The number of halogens is 3. The van der Waals surface area contributed by atoms with Crippen LogP contribution in [0.5, 0.6) is 0 Å².